The minimum absolute atomic E-state index is 0.173. The van der Waals surface area contributed by atoms with Gasteiger partial charge in [-0.2, -0.15) is 0 Å². The Kier molecular flexibility index (Phi) is 4.32. The smallest absolute Gasteiger partial charge is 0.353 e. The van der Waals surface area contributed by atoms with Crippen molar-refractivity contribution in [1.29, 1.82) is 0 Å². The minimum Gasteiger partial charge on any atom is -0.387 e. The molecule has 0 saturated carbocycles. The molecule has 0 spiro atoms. The molecule has 0 aliphatic carbocycles. The van der Waals surface area contributed by atoms with Gasteiger partial charge in [-0.3, -0.25) is 4.98 Å². The van der Waals surface area contributed by atoms with Crippen LogP contribution in [0.4, 0.5) is 0 Å². The Bertz CT molecular complexity index is 1140. The van der Waals surface area contributed by atoms with Crippen LogP contribution in [-0.2, 0) is 0 Å². The third kappa shape index (κ3) is 3.03. The van der Waals surface area contributed by atoms with Crippen molar-refractivity contribution in [3.8, 4) is 5.69 Å². The maximum atomic E-state index is 12.7. The molecule has 27 heavy (non-hydrogen) atoms. The van der Waals surface area contributed by atoms with Crippen molar-refractivity contribution in [2.75, 3.05) is 6.54 Å². The topological polar surface area (TPSA) is 72.7 Å². The Hall–Kier alpha value is -3.28. The highest BCUT2D eigenvalue weighted by Crippen LogP contribution is 2.26. The fourth-order valence-electron chi connectivity index (χ4n) is 3.35. The summed E-state index contributed by atoms with van der Waals surface area (Å²) in [4.78, 5) is 26.0. The van der Waals surface area contributed by atoms with Gasteiger partial charge in [0.15, 0.2) is 0 Å². The molecule has 0 unspecified atom stereocenters. The lowest BCUT2D eigenvalue weighted by Gasteiger charge is -2.17. The quantitative estimate of drug-likeness (QED) is 0.778. The molecule has 0 aromatic carbocycles. The Morgan fingerprint density at radius 2 is 2.04 bits per heavy atom. The van der Waals surface area contributed by atoms with Crippen molar-refractivity contribution in [2.45, 2.75) is 26.7 Å². The molecule has 4 rings (SSSR count). The van der Waals surface area contributed by atoms with Crippen molar-refractivity contribution in [3.63, 3.8) is 0 Å². The molecule has 3 aromatic heterocycles. The summed E-state index contributed by atoms with van der Waals surface area (Å²) in [5.74, 6) is 0.173. The van der Waals surface area contributed by atoms with Crippen molar-refractivity contribution in [1.82, 2.24) is 24.8 Å². The van der Waals surface area contributed by atoms with Crippen molar-refractivity contribution >= 4 is 16.6 Å². The van der Waals surface area contributed by atoms with E-state index in [1.165, 1.54) is 0 Å². The van der Waals surface area contributed by atoms with Gasteiger partial charge < -0.3 is 5.32 Å². The molecule has 0 radical (unpaired) electrons. The second-order valence-corrected chi connectivity index (χ2v) is 6.96. The first-order chi connectivity index (χ1) is 13.1. The molecule has 3 aromatic rings. The molecule has 6 nitrogen and oxygen atoms in total. The van der Waals surface area contributed by atoms with Crippen molar-refractivity contribution in [3.05, 3.63) is 76.4 Å². The van der Waals surface area contributed by atoms with Gasteiger partial charge in [0.25, 0.3) is 0 Å². The fraction of sp³-hybridized carbons (Fsp3) is 0.238. The summed E-state index contributed by atoms with van der Waals surface area (Å²) in [5, 5.41) is 4.02. The van der Waals surface area contributed by atoms with Crippen LogP contribution >= 0.6 is 0 Å². The molecular formula is C21H21N5O. The van der Waals surface area contributed by atoms with E-state index < -0.39 is 0 Å². The van der Waals surface area contributed by atoms with Crippen LogP contribution in [-0.4, -0.2) is 26.1 Å². The molecule has 1 aliphatic heterocycles. The van der Waals surface area contributed by atoms with E-state index in [0.29, 0.717) is 5.65 Å². The van der Waals surface area contributed by atoms with Crippen LogP contribution in [0.1, 0.15) is 36.6 Å². The lowest BCUT2D eigenvalue weighted by Crippen LogP contribution is -2.24. The van der Waals surface area contributed by atoms with Gasteiger partial charge in [0.1, 0.15) is 5.65 Å². The minimum atomic E-state index is -0.345. The summed E-state index contributed by atoms with van der Waals surface area (Å²) in [5.41, 5.74) is 5.02. The van der Waals surface area contributed by atoms with Gasteiger partial charge >= 0.3 is 5.69 Å². The van der Waals surface area contributed by atoms with E-state index in [-0.39, 0.29) is 11.6 Å². The lowest BCUT2D eigenvalue weighted by molar-refractivity contribution is 0.790. The normalized spacial score (nSPS) is 13.7. The first-order valence-electron chi connectivity index (χ1n) is 8.99. The van der Waals surface area contributed by atoms with Crippen molar-refractivity contribution < 1.29 is 0 Å². The summed E-state index contributed by atoms with van der Waals surface area (Å²) in [6, 6.07) is 3.93. The number of aryl methyl sites for hydroxylation is 1. The highest BCUT2D eigenvalue weighted by molar-refractivity contribution is 5.82. The molecule has 6 heteroatoms. The van der Waals surface area contributed by atoms with Gasteiger partial charge in [0.2, 0.25) is 0 Å². The zero-order valence-corrected chi connectivity index (χ0v) is 15.6. The van der Waals surface area contributed by atoms with Crippen LogP contribution in [0.2, 0.25) is 0 Å². The van der Waals surface area contributed by atoms with Crippen molar-refractivity contribution in [2.24, 2.45) is 0 Å². The van der Waals surface area contributed by atoms with Crippen LogP contribution in [0.3, 0.4) is 0 Å². The monoisotopic (exact) mass is 359 g/mol. The summed E-state index contributed by atoms with van der Waals surface area (Å²) < 4.78 is 1.59. The number of dihydropyridines is 1. The van der Waals surface area contributed by atoms with Gasteiger partial charge in [-0.15, -0.1) is 0 Å². The number of aromatic nitrogens is 4. The van der Waals surface area contributed by atoms with Crippen LogP contribution in [0.15, 0.2) is 53.9 Å². The average Bonchev–Trinajstić information content (AvgIpc) is 2.68. The molecule has 0 atom stereocenters. The zero-order chi connectivity index (χ0) is 19.0. The molecule has 0 saturated heterocycles. The summed E-state index contributed by atoms with van der Waals surface area (Å²) >= 11 is 0. The second-order valence-electron chi connectivity index (χ2n) is 6.96. The Morgan fingerprint density at radius 3 is 2.78 bits per heavy atom. The van der Waals surface area contributed by atoms with Gasteiger partial charge in [0, 0.05) is 30.5 Å². The first-order valence-corrected chi connectivity index (χ1v) is 8.99. The van der Waals surface area contributed by atoms with Crippen LogP contribution in [0.5, 0.6) is 0 Å². The van der Waals surface area contributed by atoms with E-state index in [1.807, 2.05) is 37.5 Å². The average molecular weight is 359 g/mol. The predicted molar refractivity (Wildman–Crippen MR) is 107 cm³/mol. The van der Waals surface area contributed by atoms with E-state index in [4.69, 9.17) is 0 Å². The lowest BCUT2D eigenvalue weighted by atomic mass is 10.0. The third-order valence-corrected chi connectivity index (χ3v) is 4.71. The van der Waals surface area contributed by atoms with Gasteiger partial charge in [-0.1, -0.05) is 19.9 Å². The number of nitrogens with zero attached hydrogens (tertiary/aromatic N) is 4. The molecule has 136 valence electrons. The van der Waals surface area contributed by atoms with E-state index in [1.54, 1.807) is 17.0 Å². The van der Waals surface area contributed by atoms with Gasteiger partial charge in [-0.05, 0) is 54.0 Å². The Balaban J connectivity index is 1.98. The number of hydrogen-bond donors (Lipinski definition) is 1. The highest BCUT2D eigenvalue weighted by Gasteiger charge is 2.18. The maximum absolute atomic E-state index is 12.7. The predicted octanol–water partition coefficient (Wildman–Crippen LogP) is 3.11. The molecule has 1 N–H and O–H groups in total. The molecule has 0 bridgehead atoms. The molecule has 0 fully saturated rings. The largest absolute Gasteiger partial charge is 0.387 e. The number of rotatable bonds is 3. The molecular weight excluding hydrogens is 338 g/mol. The fourth-order valence-corrected chi connectivity index (χ4v) is 3.35. The number of pyridine rings is 2. The van der Waals surface area contributed by atoms with E-state index in [2.05, 4.69) is 40.2 Å². The SMILES string of the molecule is Cc1ccnc(C(C)C)c1-n1c(=O)ncc2cc(C3=CC=CNC3)cnc21. The van der Waals surface area contributed by atoms with Gasteiger partial charge in [0.05, 0.1) is 11.4 Å². The molecule has 4 heterocycles. The van der Waals surface area contributed by atoms with E-state index in [0.717, 1.165) is 40.0 Å². The maximum Gasteiger partial charge on any atom is 0.353 e. The van der Waals surface area contributed by atoms with Gasteiger partial charge in [-0.25, -0.2) is 19.3 Å². The number of hydrogen-bond acceptors (Lipinski definition) is 5. The van der Waals surface area contributed by atoms with Crippen LogP contribution in [0.25, 0.3) is 22.3 Å². The highest BCUT2D eigenvalue weighted by atomic mass is 16.1. The molecule has 0 amide bonds. The zero-order valence-electron chi connectivity index (χ0n) is 15.6. The van der Waals surface area contributed by atoms with Crippen LogP contribution in [0, 0.1) is 6.92 Å². The summed E-state index contributed by atoms with van der Waals surface area (Å²) in [7, 11) is 0. The summed E-state index contributed by atoms with van der Waals surface area (Å²) in [6.45, 7) is 6.86. The second kappa shape index (κ2) is 6.79. The van der Waals surface area contributed by atoms with Crippen LogP contribution < -0.4 is 11.0 Å². The number of allylic oxidation sites excluding steroid dienone is 2. The number of nitrogens with one attached hydrogen (secondary N) is 1. The van der Waals surface area contributed by atoms with E-state index in [9.17, 15) is 4.79 Å². The van der Waals surface area contributed by atoms with E-state index >= 15 is 0 Å². The standard InChI is InChI=1S/C21H21N5O/c1-13(2)18-19(14(3)6-8-23-18)26-20-17(12-25-21(26)27)9-16(11-24-20)15-5-4-7-22-10-15/h4-9,11-13,22H,10H2,1-3H3. The summed E-state index contributed by atoms with van der Waals surface area (Å²) in [6.07, 6.45) is 11.1. The molecule has 1 aliphatic rings. The first kappa shape index (κ1) is 17.1. The Labute approximate surface area is 157 Å². The Morgan fingerprint density at radius 1 is 1.19 bits per heavy atom. The third-order valence-electron chi connectivity index (χ3n) is 4.71. The number of fused-ring (bicyclic) bond motifs is 1.